The first-order valence-electron chi connectivity index (χ1n) is 7.85. The van der Waals surface area contributed by atoms with Crippen molar-refractivity contribution < 1.29 is 0 Å². The molecule has 0 radical (unpaired) electrons. The van der Waals surface area contributed by atoms with E-state index in [1.54, 1.807) is 17.7 Å². The molecule has 0 spiro atoms. The van der Waals surface area contributed by atoms with Crippen LogP contribution in [0.3, 0.4) is 0 Å². The van der Waals surface area contributed by atoms with Crippen LogP contribution in [-0.4, -0.2) is 37.5 Å². The van der Waals surface area contributed by atoms with Crippen LogP contribution in [0.15, 0.2) is 35.5 Å². The SMILES string of the molecule is Cn1ccnc1CN1CCc2ncnc(-c3ccsc3)c2CC1. The molecule has 4 rings (SSSR count). The summed E-state index contributed by atoms with van der Waals surface area (Å²) in [5.41, 5.74) is 4.83. The molecule has 0 amide bonds. The predicted octanol–water partition coefficient (Wildman–Crippen LogP) is 2.54. The molecule has 1 aliphatic heterocycles. The summed E-state index contributed by atoms with van der Waals surface area (Å²) < 4.78 is 2.09. The molecule has 23 heavy (non-hydrogen) atoms. The molecule has 0 aliphatic carbocycles. The number of aromatic nitrogens is 4. The van der Waals surface area contributed by atoms with E-state index in [0.717, 1.165) is 44.0 Å². The fourth-order valence-electron chi connectivity index (χ4n) is 3.13. The van der Waals surface area contributed by atoms with E-state index in [0.29, 0.717) is 0 Å². The molecule has 0 saturated carbocycles. The monoisotopic (exact) mass is 325 g/mol. The number of nitrogens with zero attached hydrogens (tertiary/aromatic N) is 5. The van der Waals surface area contributed by atoms with E-state index in [9.17, 15) is 0 Å². The molecule has 0 unspecified atom stereocenters. The van der Waals surface area contributed by atoms with Crippen molar-refractivity contribution in [1.29, 1.82) is 0 Å². The molecule has 0 saturated heterocycles. The van der Waals surface area contributed by atoms with Gasteiger partial charge in [0.05, 0.1) is 12.2 Å². The first-order chi connectivity index (χ1) is 11.3. The molecule has 3 aromatic rings. The van der Waals surface area contributed by atoms with Gasteiger partial charge in [-0.1, -0.05) is 0 Å². The third-order valence-corrected chi connectivity index (χ3v) is 5.14. The number of rotatable bonds is 3. The molecule has 1 aliphatic rings. The van der Waals surface area contributed by atoms with Crippen LogP contribution < -0.4 is 0 Å². The lowest BCUT2D eigenvalue weighted by atomic mass is 10.0. The Kier molecular flexibility index (Phi) is 3.93. The van der Waals surface area contributed by atoms with Gasteiger partial charge in [-0.25, -0.2) is 15.0 Å². The minimum absolute atomic E-state index is 0.888. The highest BCUT2D eigenvalue weighted by molar-refractivity contribution is 7.08. The Bertz CT molecular complexity index is 793. The topological polar surface area (TPSA) is 46.8 Å². The maximum atomic E-state index is 4.55. The van der Waals surface area contributed by atoms with E-state index in [1.807, 2.05) is 12.4 Å². The maximum absolute atomic E-state index is 4.55. The van der Waals surface area contributed by atoms with E-state index in [4.69, 9.17) is 0 Å². The minimum Gasteiger partial charge on any atom is -0.337 e. The van der Waals surface area contributed by atoms with Gasteiger partial charge in [-0.15, -0.1) is 0 Å². The van der Waals surface area contributed by atoms with Crippen molar-refractivity contribution in [3.8, 4) is 11.3 Å². The summed E-state index contributed by atoms with van der Waals surface area (Å²) in [5.74, 6) is 1.11. The zero-order valence-electron chi connectivity index (χ0n) is 13.1. The number of hydrogen-bond donors (Lipinski definition) is 0. The standard InChI is InChI=1S/C17H19N5S/c1-21-8-5-18-16(21)10-22-6-2-14-15(3-7-22)19-12-20-17(14)13-4-9-23-11-13/h4-5,8-9,11-12H,2-3,6-7,10H2,1H3. The lowest BCUT2D eigenvalue weighted by molar-refractivity contribution is 0.269. The highest BCUT2D eigenvalue weighted by atomic mass is 32.1. The molecule has 0 bridgehead atoms. The number of hydrogen-bond acceptors (Lipinski definition) is 5. The number of thiophene rings is 1. The van der Waals surface area contributed by atoms with Crippen molar-refractivity contribution in [1.82, 2.24) is 24.4 Å². The normalized spacial score (nSPS) is 15.3. The Morgan fingerprint density at radius 1 is 1.17 bits per heavy atom. The molecule has 5 nitrogen and oxygen atoms in total. The van der Waals surface area contributed by atoms with Gasteiger partial charge in [0.2, 0.25) is 0 Å². The smallest absolute Gasteiger partial charge is 0.122 e. The molecule has 4 heterocycles. The van der Waals surface area contributed by atoms with E-state index in [-0.39, 0.29) is 0 Å². The second-order valence-corrected chi connectivity index (χ2v) is 6.67. The maximum Gasteiger partial charge on any atom is 0.122 e. The predicted molar refractivity (Wildman–Crippen MR) is 91.2 cm³/mol. The average Bonchev–Trinajstić information content (AvgIpc) is 3.18. The Labute approximate surface area is 139 Å². The van der Waals surface area contributed by atoms with Gasteiger partial charge in [-0.05, 0) is 17.9 Å². The van der Waals surface area contributed by atoms with Crippen molar-refractivity contribution in [2.75, 3.05) is 13.1 Å². The Hall–Kier alpha value is -2.05. The van der Waals surface area contributed by atoms with Crippen molar-refractivity contribution >= 4 is 11.3 Å². The van der Waals surface area contributed by atoms with E-state index < -0.39 is 0 Å². The van der Waals surface area contributed by atoms with Gasteiger partial charge < -0.3 is 4.57 Å². The van der Waals surface area contributed by atoms with Gasteiger partial charge in [0.1, 0.15) is 12.2 Å². The summed E-state index contributed by atoms with van der Waals surface area (Å²) in [5, 5.41) is 4.27. The second kappa shape index (κ2) is 6.22. The van der Waals surface area contributed by atoms with Crippen molar-refractivity contribution in [3.63, 3.8) is 0 Å². The summed E-state index contributed by atoms with van der Waals surface area (Å²) in [7, 11) is 2.05. The van der Waals surface area contributed by atoms with Crippen LogP contribution in [0.2, 0.25) is 0 Å². The molecular weight excluding hydrogens is 306 g/mol. The van der Waals surface area contributed by atoms with Gasteiger partial charge in [-0.3, -0.25) is 4.90 Å². The number of imidazole rings is 1. The van der Waals surface area contributed by atoms with E-state index in [1.165, 1.54) is 16.8 Å². The third kappa shape index (κ3) is 2.92. The van der Waals surface area contributed by atoms with Crippen molar-refractivity contribution in [2.24, 2.45) is 7.05 Å². The zero-order chi connectivity index (χ0) is 15.6. The van der Waals surface area contributed by atoms with Crippen LogP contribution in [0.4, 0.5) is 0 Å². The largest absolute Gasteiger partial charge is 0.337 e. The molecule has 118 valence electrons. The van der Waals surface area contributed by atoms with E-state index >= 15 is 0 Å². The van der Waals surface area contributed by atoms with Crippen LogP contribution in [0, 0.1) is 0 Å². The van der Waals surface area contributed by atoms with Gasteiger partial charge in [-0.2, -0.15) is 11.3 Å². The first-order valence-corrected chi connectivity index (χ1v) is 8.79. The average molecular weight is 325 g/mol. The Morgan fingerprint density at radius 2 is 2.09 bits per heavy atom. The van der Waals surface area contributed by atoms with E-state index in [2.05, 4.69) is 48.3 Å². The Balaban J connectivity index is 1.57. The van der Waals surface area contributed by atoms with Crippen molar-refractivity contribution in [2.45, 2.75) is 19.4 Å². The highest BCUT2D eigenvalue weighted by Gasteiger charge is 2.20. The fourth-order valence-corrected chi connectivity index (χ4v) is 3.77. The van der Waals surface area contributed by atoms with Crippen LogP contribution in [0.1, 0.15) is 17.1 Å². The molecule has 0 atom stereocenters. The van der Waals surface area contributed by atoms with Crippen LogP contribution >= 0.6 is 11.3 Å². The molecule has 0 aromatic carbocycles. The summed E-state index contributed by atoms with van der Waals surface area (Å²) in [4.78, 5) is 16.0. The van der Waals surface area contributed by atoms with Gasteiger partial charge in [0.25, 0.3) is 0 Å². The highest BCUT2D eigenvalue weighted by Crippen LogP contribution is 2.27. The van der Waals surface area contributed by atoms with Gasteiger partial charge in [0.15, 0.2) is 0 Å². The molecule has 3 aromatic heterocycles. The summed E-state index contributed by atoms with van der Waals surface area (Å²) >= 11 is 1.71. The molecule has 0 N–H and O–H groups in total. The minimum atomic E-state index is 0.888. The van der Waals surface area contributed by atoms with Crippen LogP contribution in [-0.2, 0) is 26.4 Å². The first kappa shape index (κ1) is 14.5. The second-order valence-electron chi connectivity index (χ2n) is 5.89. The van der Waals surface area contributed by atoms with Crippen molar-refractivity contribution in [3.05, 3.63) is 52.6 Å². The third-order valence-electron chi connectivity index (χ3n) is 4.46. The summed E-state index contributed by atoms with van der Waals surface area (Å²) in [6.45, 7) is 2.92. The molecule has 0 fully saturated rings. The summed E-state index contributed by atoms with van der Waals surface area (Å²) in [6.07, 6.45) is 7.54. The van der Waals surface area contributed by atoms with Gasteiger partial charge >= 0.3 is 0 Å². The molecular formula is C17H19N5S. The number of aryl methyl sites for hydroxylation is 1. The fraction of sp³-hybridized carbons (Fsp3) is 0.353. The number of fused-ring (bicyclic) bond motifs is 1. The lowest BCUT2D eigenvalue weighted by Crippen LogP contribution is -2.27. The quantitative estimate of drug-likeness (QED) is 0.742. The summed E-state index contributed by atoms with van der Waals surface area (Å²) in [6, 6.07) is 2.14. The lowest BCUT2D eigenvalue weighted by Gasteiger charge is -2.19. The van der Waals surface area contributed by atoms with Gasteiger partial charge in [0, 0.05) is 61.2 Å². The zero-order valence-corrected chi connectivity index (χ0v) is 14.0. The van der Waals surface area contributed by atoms with Crippen LogP contribution in [0.25, 0.3) is 11.3 Å². The van der Waals surface area contributed by atoms with Crippen LogP contribution in [0.5, 0.6) is 0 Å². The molecule has 6 heteroatoms. The Morgan fingerprint density at radius 3 is 2.87 bits per heavy atom.